The van der Waals surface area contributed by atoms with Crippen LogP contribution in [0.15, 0.2) is 18.2 Å². The van der Waals surface area contributed by atoms with E-state index in [-0.39, 0.29) is 29.8 Å². The van der Waals surface area contributed by atoms with Gasteiger partial charge in [-0.3, -0.25) is 11.3 Å². The van der Waals surface area contributed by atoms with Crippen LogP contribution < -0.4 is 17.0 Å². The smallest absolute Gasteiger partial charge is 0.398 e. The molecule has 1 atom stereocenters. The highest BCUT2D eigenvalue weighted by atomic mass is 32.2. The first-order valence-electron chi connectivity index (χ1n) is 6.15. The molecule has 0 amide bonds. The fourth-order valence-corrected chi connectivity index (χ4v) is 2.62. The molecule has 120 valence electrons. The van der Waals surface area contributed by atoms with E-state index in [0.717, 1.165) is 18.4 Å². The predicted molar refractivity (Wildman–Crippen MR) is 74.9 cm³/mol. The molecule has 0 aliphatic rings. The summed E-state index contributed by atoms with van der Waals surface area (Å²) >= 11 is 0. The summed E-state index contributed by atoms with van der Waals surface area (Å²) in [4.78, 5) is 0. The van der Waals surface area contributed by atoms with Gasteiger partial charge in [0.05, 0.1) is 5.56 Å². The maximum absolute atomic E-state index is 12.7. The van der Waals surface area contributed by atoms with Gasteiger partial charge in [0.1, 0.15) is 9.84 Å². The molecule has 0 saturated heterocycles. The average molecular weight is 325 g/mol. The van der Waals surface area contributed by atoms with Crippen LogP contribution in [0.5, 0.6) is 0 Å². The van der Waals surface area contributed by atoms with Crippen molar-refractivity contribution in [3.05, 3.63) is 29.3 Å². The van der Waals surface area contributed by atoms with E-state index in [9.17, 15) is 21.6 Å². The summed E-state index contributed by atoms with van der Waals surface area (Å²) in [6.45, 7) is 0. The van der Waals surface area contributed by atoms with Gasteiger partial charge in [-0.1, -0.05) is 0 Å². The van der Waals surface area contributed by atoms with Crippen LogP contribution in [0, 0.1) is 0 Å². The zero-order valence-electron chi connectivity index (χ0n) is 11.4. The molecule has 9 heteroatoms. The van der Waals surface area contributed by atoms with Crippen molar-refractivity contribution in [3.8, 4) is 0 Å². The SMILES string of the molecule is CS(=O)(=O)CCCC(NN)c1cc(C(F)(F)F)ccc1N. The summed E-state index contributed by atoms with van der Waals surface area (Å²) in [5.41, 5.74) is 7.62. The molecular formula is C12H18F3N3O2S. The monoisotopic (exact) mass is 325 g/mol. The van der Waals surface area contributed by atoms with Crippen LogP contribution in [0.2, 0.25) is 0 Å². The van der Waals surface area contributed by atoms with Gasteiger partial charge in [0.25, 0.3) is 0 Å². The van der Waals surface area contributed by atoms with Gasteiger partial charge in [-0.25, -0.2) is 8.42 Å². The lowest BCUT2D eigenvalue weighted by molar-refractivity contribution is -0.137. The highest BCUT2D eigenvalue weighted by molar-refractivity contribution is 7.90. The Morgan fingerprint density at radius 1 is 1.33 bits per heavy atom. The van der Waals surface area contributed by atoms with Crippen LogP contribution in [0.1, 0.15) is 30.0 Å². The van der Waals surface area contributed by atoms with Gasteiger partial charge in [0.2, 0.25) is 0 Å². The van der Waals surface area contributed by atoms with Gasteiger partial charge < -0.3 is 5.73 Å². The normalized spacial score (nSPS) is 14.1. The number of benzene rings is 1. The number of halogens is 3. The Balaban J connectivity index is 2.94. The van der Waals surface area contributed by atoms with Crippen molar-refractivity contribution in [1.82, 2.24) is 5.43 Å². The molecule has 1 aromatic carbocycles. The molecule has 1 aromatic rings. The first kappa shape index (κ1) is 17.7. The van der Waals surface area contributed by atoms with Crippen molar-refractivity contribution >= 4 is 15.5 Å². The number of nitrogens with one attached hydrogen (secondary N) is 1. The molecule has 0 heterocycles. The minimum Gasteiger partial charge on any atom is -0.398 e. The van der Waals surface area contributed by atoms with Crippen molar-refractivity contribution in [2.75, 3.05) is 17.7 Å². The fraction of sp³-hybridized carbons (Fsp3) is 0.500. The van der Waals surface area contributed by atoms with Crippen molar-refractivity contribution in [1.29, 1.82) is 0 Å². The second-order valence-electron chi connectivity index (χ2n) is 4.83. The number of hydrogen-bond donors (Lipinski definition) is 3. The highest BCUT2D eigenvalue weighted by Crippen LogP contribution is 2.33. The molecule has 21 heavy (non-hydrogen) atoms. The zero-order valence-corrected chi connectivity index (χ0v) is 12.3. The number of nitrogens with two attached hydrogens (primary N) is 2. The third-order valence-corrected chi connectivity index (χ3v) is 4.03. The Morgan fingerprint density at radius 2 is 1.95 bits per heavy atom. The van der Waals surface area contributed by atoms with E-state index in [0.29, 0.717) is 0 Å². The highest BCUT2D eigenvalue weighted by Gasteiger charge is 2.31. The number of alkyl halides is 3. The van der Waals surface area contributed by atoms with E-state index in [1.807, 2.05) is 0 Å². The summed E-state index contributed by atoms with van der Waals surface area (Å²) in [6, 6.07) is 2.34. The molecule has 0 aliphatic carbocycles. The van der Waals surface area contributed by atoms with Crippen LogP contribution >= 0.6 is 0 Å². The molecule has 0 bridgehead atoms. The number of rotatable bonds is 6. The van der Waals surface area contributed by atoms with Crippen molar-refractivity contribution in [2.24, 2.45) is 5.84 Å². The Bertz CT molecular complexity index is 588. The number of hydrogen-bond acceptors (Lipinski definition) is 5. The molecular weight excluding hydrogens is 307 g/mol. The maximum Gasteiger partial charge on any atom is 0.416 e. The lowest BCUT2D eigenvalue weighted by atomic mass is 9.98. The zero-order chi connectivity index (χ0) is 16.3. The van der Waals surface area contributed by atoms with Gasteiger partial charge in [-0.15, -0.1) is 0 Å². The summed E-state index contributed by atoms with van der Waals surface area (Å²) in [7, 11) is -3.13. The van der Waals surface area contributed by atoms with Crippen LogP contribution in [0.4, 0.5) is 18.9 Å². The second-order valence-corrected chi connectivity index (χ2v) is 7.09. The van der Waals surface area contributed by atoms with Crippen molar-refractivity contribution in [2.45, 2.75) is 25.1 Å². The average Bonchev–Trinajstić information content (AvgIpc) is 2.33. The van der Waals surface area contributed by atoms with Crippen molar-refractivity contribution in [3.63, 3.8) is 0 Å². The number of anilines is 1. The molecule has 0 spiro atoms. The molecule has 0 aliphatic heterocycles. The van der Waals surface area contributed by atoms with Gasteiger partial charge >= 0.3 is 6.18 Å². The third kappa shape index (κ3) is 5.52. The number of nitrogen functional groups attached to an aromatic ring is 1. The van der Waals surface area contributed by atoms with E-state index in [2.05, 4.69) is 5.43 Å². The van der Waals surface area contributed by atoms with Crippen LogP contribution in [-0.4, -0.2) is 20.4 Å². The molecule has 5 nitrogen and oxygen atoms in total. The topological polar surface area (TPSA) is 98.2 Å². The van der Waals surface area contributed by atoms with Gasteiger partial charge in [0, 0.05) is 23.7 Å². The van der Waals surface area contributed by atoms with Gasteiger partial charge in [-0.2, -0.15) is 13.2 Å². The standard InChI is InChI=1S/C12H18F3N3O2S/c1-21(19,20)6-2-3-11(18-17)9-7-8(12(13,14)15)4-5-10(9)16/h4-5,7,11,18H,2-3,6,16-17H2,1H3. The summed E-state index contributed by atoms with van der Waals surface area (Å²) < 4.78 is 60.2. The largest absolute Gasteiger partial charge is 0.416 e. The molecule has 0 radical (unpaired) electrons. The first-order chi connectivity index (χ1) is 9.54. The van der Waals surface area contributed by atoms with Crippen LogP contribution in [-0.2, 0) is 16.0 Å². The number of hydrazine groups is 1. The van der Waals surface area contributed by atoms with Crippen LogP contribution in [0.25, 0.3) is 0 Å². The Kier molecular flexibility index (Phi) is 5.60. The van der Waals surface area contributed by atoms with E-state index in [1.54, 1.807) is 0 Å². The van der Waals surface area contributed by atoms with Crippen molar-refractivity contribution < 1.29 is 21.6 Å². The van der Waals surface area contributed by atoms with Gasteiger partial charge in [0.15, 0.2) is 0 Å². The Morgan fingerprint density at radius 3 is 2.43 bits per heavy atom. The maximum atomic E-state index is 12.7. The van der Waals surface area contributed by atoms with E-state index >= 15 is 0 Å². The lowest BCUT2D eigenvalue weighted by Crippen LogP contribution is -2.29. The molecule has 0 fully saturated rings. The van der Waals surface area contributed by atoms with E-state index < -0.39 is 27.6 Å². The summed E-state index contributed by atoms with van der Waals surface area (Å²) in [5, 5.41) is 0. The quantitative estimate of drug-likeness (QED) is 0.419. The van der Waals surface area contributed by atoms with E-state index in [1.165, 1.54) is 6.07 Å². The summed E-state index contributed by atoms with van der Waals surface area (Å²) in [5.74, 6) is 5.28. The molecule has 1 unspecified atom stereocenters. The first-order valence-corrected chi connectivity index (χ1v) is 8.21. The lowest BCUT2D eigenvalue weighted by Gasteiger charge is -2.19. The molecule has 5 N–H and O–H groups in total. The molecule has 1 rings (SSSR count). The van der Waals surface area contributed by atoms with E-state index in [4.69, 9.17) is 11.6 Å². The minimum absolute atomic E-state index is 0.0654. The summed E-state index contributed by atoms with van der Waals surface area (Å²) in [6.07, 6.45) is -2.86. The second kappa shape index (κ2) is 6.63. The molecule has 0 aromatic heterocycles. The molecule has 0 saturated carbocycles. The minimum atomic E-state index is -4.48. The fourth-order valence-electron chi connectivity index (χ4n) is 1.93. The van der Waals surface area contributed by atoms with Crippen LogP contribution in [0.3, 0.4) is 0 Å². The Hall–Kier alpha value is -1.32. The predicted octanol–water partition coefficient (Wildman–Crippen LogP) is 1.62. The Labute approximate surface area is 121 Å². The third-order valence-electron chi connectivity index (χ3n) is 3.00. The van der Waals surface area contributed by atoms with Gasteiger partial charge in [-0.05, 0) is 36.6 Å². The number of sulfone groups is 1.